The monoisotopic (exact) mass is 1500 g/mol. The van der Waals surface area contributed by atoms with Gasteiger partial charge >= 0.3 is 18.1 Å². The predicted octanol–water partition coefficient (Wildman–Crippen LogP) is 4.81. The average molecular weight is 1500 g/mol. The summed E-state index contributed by atoms with van der Waals surface area (Å²) in [6.07, 6.45) is 0.628. The van der Waals surface area contributed by atoms with Crippen LogP contribution < -0.4 is 38.1 Å². The first-order valence-electron chi connectivity index (χ1n) is 37.2. The molecule has 0 radical (unpaired) electrons. The van der Waals surface area contributed by atoms with Crippen LogP contribution in [0.1, 0.15) is 130 Å². The Morgan fingerprint density at radius 2 is 1.21 bits per heavy atom. The zero-order valence-electron chi connectivity index (χ0n) is 65.7. The van der Waals surface area contributed by atoms with Crippen LogP contribution >= 0.6 is 0 Å². The average Bonchev–Trinajstić information content (AvgIpc) is 1.40. The molecule has 1 aliphatic heterocycles. The number of benzene rings is 2. The number of carboxylic acid groups (broad SMARTS) is 1. The second kappa shape index (κ2) is 53.4. The van der Waals surface area contributed by atoms with Crippen molar-refractivity contribution in [3.63, 3.8) is 0 Å². The molecule has 0 saturated carbocycles. The largest absolute Gasteiger partial charge is 0.480 e. The van der Waals surface area contributed by atoms with Crippen molar-refractivity contribution in [1.82, 2.24) is 41.3 Å². The summed E-state index contributed by atoms with van der Waals surface area (Å²) in [5.41, 5.74) is 13.1. The van der Waals surface area contributed by atoms with E-state index >= 15 is 0 Å². The molecule has 3 rings (SSSR count). The lowest BCUT2D eigenvalue weighted by Gasteiger charge is -2.41. The summed E-state index contributed by atoms with van der Waals surface area (Å²) in [4.78, 5) is 135. The van der Waals surface area contributed by atoms with Crippen molar-refractivity contribution in [2.45, 2.75) is 182 Å². The molecule has 1 aliphatic rings. The minimum absolute atomic E-state index is 0.0506. The molecule has 2 aromatic rings. The van der Waals surface area contributed by atoms with E-state index in [4.69, 9.17) is 54.1 Å². The number of amides is 9. The molecule has 1 saturated heterocycles. The van der Waals surface area contributed by atoms with Crippen molar-refractivity contribution >= 4 is 59.3 Å². The van der Waals surface area contributed by atoms with Crippen molar-refractivity contribution in [3.8, 4) is 0 Å². The highest BCUT2D eigenvalue weighted by Crippen LogP contribution is 2.32. The molecule has 1 heterocycles. The van der Waals surface area contributed by atoms with Gasteiger partial charge in [0.15, 0.2) is 5.78 Å². The van der Waals surface area contributed by atoms with E-state index in [9.17, 15) is 53.1 Å². The number of likely N-dealkylation sites (N-methyl/N-ethyl adjacent to an activating group) is 3. The Morgan fingerprint density at radius 3 is 1.70 bits per heavy atom. The number of nitrogens with one attached hydrogen (secondary N) is 5. The number of methoxy groups -OCH3 is 2. The number of urea groups is 1. The number of carbonyl (C=O) groups is 10. The highest BCUT2D eigenvalue weighted by molar-refractivity contribution is 5.93. The summed E-state index contributed by atoms with van der Waals surface area (Å²) >= 11 is 0. The normalized spacial score (nSPS) is 15.7. The van der Waals surface area contributed by atoms with Crippen LogP contribution in [0.5, 0.6) is 0 Å². The third-order valence-electron chi connectivity index (χ3n) is 18.6. The van der Waals surface area contributed by atoms with Crippen molar-refractivity contribution in [2.24, 2.45) is 47.0 Å². The number of carboxylic acids is 1. The fourth-order valence-electron chi connectivity index (χ4n) is 12.4. The molecule has 0 unspecified atom stereocenters. The molecular formula is C76H128N10O20. The van der Waals surface area contributed by atoms with Crippen molar-refractivity contribution in [3.05, 3.63) is 71.3 Å². The molecule has 106 heavy (non-hydrogen) atoms. The number of hydrogen-bond donors (Lipinski definition) is 8. The first kappa shape index (κ1) is 94.7. The van der Waals surface area contributed by atoms with Gasteiger partial charge in [0.25, 0.3) is 0 Å². The summed E-state index contributed by atoms with van der Waals surface area (Å²) in [5, 5.41) is 23.0. The Morgan fingerprint density at radius 1 is 0.651 bits per heavy atom. The number of aryl methyl sites for hydroxylation is 1. The number of rotatable bonds is 53. The number of nitrogens with two attached hydrogens (primary N) is 2. The van der Waals surface area contributed by atoms with Gasteiger partial charge in [0, 0.05) is 80.2 Å². The van der Waals surface area contributed by atoms with Gasteiger partial charge in [0.2, 0.25) is 35.4 Å². The molecule has 602 valence electrons. The number of ether oxygens (including phenoxy) is 9. The lowest BCUT2D eigenvalue weighted by molar-refractivity contribution is -0.149. The van der Waals surface area contributed by atoms with Crippen LogP contribution in [0.15, 0.2) is 54.6 Å². The Labute approximate surface area is 628 Å². The molecule has 0 aromatic heterocycles. The van der Waals surface area contributed by atoms with Gasteiger partial charge in [-0.2, -0.15) is 0 Å². The standard InChI is InChI=1S/C49H74N4O10.C27H54N6O10/c1-13-33(7)44(51(9)47(57)37(30(2)3)27-40(54)43(31(4)5)52(10)49(60)63-29-36-23-21-32(6)22-24-36)41(61-11)28-42(55)53-25-17-20-39(53)45(62-12)34(8)46(56)50-38(48(58)59)26-35-18-15-14-16-19-35;1-21(2)24(26(36)32-22(25(35)30-3)5-4-8-31-27(29)37)33-23(34)6-9-38-11-13-40-15-17-42-19-20-43-18-16-41-14-12-39-10-7-28/h14-16,18-19,21-24,30-31,33-34,37-39,41,43-45H,13,17,20,25-29H2,1-12H3,(H,50,56)(H,58,59);21-22,24H,4-20,28H2,1-3H3,(H,30,35)(H,32,36)(H,33,34)(H3,29,31,37)/t33-,34+,37-,38-,39-,41+,43-,44-,45+;22-,24-/m00/s1. The summed E-state index contributed by atoms with van der Waals surface area (Å²) < 4.78 is 49.8. The molecule has 30 nitrogen and oxygen atoms in total. The van der Waals surface area contributed by atoms with E-state index in [0.717, 1.165) is 16.7 Å². The highest BCUT2D eigenvalue weighted by atomic mass is 16.6. The van der Waals surface area contributed by atoms with E-state index in [1.54, 1.807) is 56.8 Å². The molecule has 11 atom stereocenters. The van der Waals surface area contributed by atoms with E-state index in [-0.39, 0.29) is 105 Å². The van der Waals surface area contributed by atoms with E-state index in [1.165, 1.54) is 26.2 Å². The number of likely N-dealkylation sites (tertiary alicyclic amines) is 1. The maximum absolute atomic E-state index is 14.6. The maximum Gasteiger partial charge on any atom is 0.410 e. The zero-order valence-corrected chi connectivity index (χ0v) is 65.7. The number of ketones is 1. The van der Waals surface area contributed by atoms with Crippen LogP contribution in [0.3, 0.4) is 0 Å². The molecule has 30 heteroatoms. The summed E-state index contributed by atoms with van der Waals surface area (Å²) in [7, 11) is 7.72. The number of nitrogens with zero attached hydrogens (tertiary/aromatic N) is 3. The van der Waals surface area contributed by atoms with E-state index in [2.05, 4.69) is 26.6 Å². The minimum atomic E-state index is -1.15. The van der Waals surface area contributed by atoms with Crippen molar-refractivity contribution in [2.75, 3.05) is 134 Å². The molecule has 0 aliphatic carbocycles. The van der Waals surface area contributed by atoms with Crippen LogP contribution in [0.25, 0.3) is 0 Å². The summed E-state index contributed by atoms with van der Waals surface area (Å²) in [5.74, 6) is -5.85. The topological polar surface area (TPSA) is 396 Å². The lowest BCUT2D eigenvalue weighted by Crippen LogP contribution is -2.55. The SMILES string of the molecule is CC[C@H](C)[C@@H]([C@@H](CC(=O)N1CCC[C@H]1[C@H](OC)[C@@H](C)C(=O)N[C@@H](Cc1ccccc1)C(=O)O)OC)N(C)C(=O)[C@@H](CC(=O)[C@H](C(C)C)N(C)C(=O)OCc1ccc(C)cc1)C(C)C.CNC(=O)[C@H](CCCNC(N)=O)NC(=O)[C@@H](NC(=O)CCOCCOCCOCCOCCOCCOCCN)C(C)C. The van der Waals surface area contributed by atoms with Crippen LogP contribution in [-0.2, 0) is 94.0 Å². The second-order valence-corrected chi connectivity index (χ2v) is 27.7. The summed E-state index contributed by atoms with van der Waals surface area (Å²) in [6.45, 7) is 25.1. The van der Waals surface area contributed by atoms with E-state index in [1.807, 2.05) is 90.9 Å². The molecule has 2 aromatic carbocycles. The van der Waals surface area contributed by atoms with Gasteiger partial charge < -0.3 is 100 Å². The number of hydrogen-bond acceptors (Lipinski definition) is 20. The Kier molecular flexibility index (Phi) is 47.7. The third-order valence-corrected chi connectivity index (χ3v) is 18.6. The first-order chi connectivity index (χ1) is 50.5. The highest BCUT2D eigenvalue weighted by Gasteiger charge is 2.44. The number of carbonyl (C=O) groups excluding carboxylic acids is 9. The van der Waals surface area contributed by atoms with Gasteiger partial charge in [-0.05, 0) is 67.4 Å². The molecule has 0 bridgehead atoms. The Balaban J connectivity index is 0.000000777. The van der Waals surface area contributed by atoms with Gasteiger partial charge in [-0.3, -0.25) is 33.6 Å². The van der Waals surface area contributed by atoms with Crippen molar-refractivity contribution < 1.29 is 95.7 Å². The van der Waals surface area contributed by atoms with E-state index < -0.39 is 90.2 Å². The molecular weight excluding hydrogens is 1370 g/mol. The van der Waals surface area contributed by atoms with Crippen LogP contribution in [-0.4, -0.2) is 262 Å². The van der Waals surface area contributed by atoms with Gasteiger partial charge in [0.1, 0.15) is 24.7 Å². The van der Waals surface area contributed by atoms with E-state index in [0.29, 0.717) is 111 Å². The predicted molar refractivity (Wildman–Crippen MR) is 400 cm³/mol. The number of Topliss-reactive ketones (excluding diaryl/α,β-unsaturated/α-hetero) is 1. The Bertz CT molecular complexity index is 2900. The molecule has 10 N–H and O–H groups in total. The summed E-state index contributed by atoms with van der Waals surface area (Å²) in [6, 6.07) is 11.4. The first-order valence-corrected chi connectivity index (χ1v) is 37.2. The number of aliphatic carboxylic acids is 1. The van der Waals surface area contributed by atoms with Gasteiger partial charge in [-0.1, -0.05) is 129 Å². The fraction of sp³-hybridized carbons (Fsp3) is 0.711. The maximum atomic E-state index is 14.6. The van der Waals surface area contributed by atoms with Crippen molar-refractivity contribution in [1.29, 1.82) is 0 Å². The zero-order chi connectivity index (χ0) is 79.3. The van der Waals surface area contributed by atoms with Gasteiger partial charge in [-0.25, -0.2) is 14.4 Å². The third kappa shape index (κ3) is 35.5. The van der Waals surface area contributed by atoms with Crippen LogP contribution in [0.2, 0.25) is 0 Å². The van der Waals surface area contributed by atoms with Gasteiger partial charge in [-0.15, -0.1) is 0 Å². The lowest BCUT2D eigenvalue weighted by atomic mass is 9.83. The fourth-order valence-corrected chi connectivity index (χ4v) is 12.4. The second-order valence-electron chi connectivity index (χ2n) is 27.7. The molecule has 1 fully saturated rings. The molecule has 9 amide bonds. The number of primary amides is 1. The molecule has 0 spiro atoms. The Hall–Kier alpha value is -7.42. The quantitative estimate of drug-likeness (QED) is 0.0412. The smallest absolute Gasteiger partial charge is 0.410 e. The van der Waals surface area contributed by atoms with Crippen LogP contribution in [0.4, 0.5) is 9.59 Å². The van der Waals surface area contributed by atoms with Crippen LogP contribution in [0, 0.1) is 42.4 Å². The van der Waals surface area contributed by atoms with Gasteiger partial charge in [0.05, 0.1) is 122 Å². The minimum Gasteiger partial charge on any atom is -0.480 e.